The minimum atomic E-state index is -2.49. The Labute approximate surface area is 230 Å². The van der Waals surface area contributed by atoms with Gasteiger partial charge in [-0.25, -0.2) is 13.8 Å². The van der Waals surface area contributed by atoms with E-state index in [2.05, 4.69) is 32.3 Å². The van der Waals surface area contributed by atoms with Crippen LogP contribution in [0.5, 0.6) is 5.75 Å². The monoisotopic (exact) mass is 552 g/mol. The highest BCUT2D eigenvalue weighted by Crippen LogP contribution is 2.64. The topological polar surface area (TPSA) is 114 Å². The number of fused-ring (bicyclic) bond motifs is 3. The van der Waals surface area contributed by atoms with E-state index in [0.717, 1.165) is 37.9 Å². The van der Waals surface area contributed by atoms with Crippen molar-refractivity contribution < 1.29 is 18.3 Å². The molecule has 0 unspecified atom stereocenters. The molecule has 1 aromatic carbocycles. The van der Waals surface area contributed by atoms with Crippen LogP contribution in [0.15, 0.2) is 24.4 Å². The summed E-state index contributed by atoms with van der Waals surface area (Å²) in [5.41, 5.74) is 8.59. The number of ether oxygens (including phenoxy) is 1. The number of piperazine rings is 1. The van der Waals surface area contributed by atoms with Gasteiger partial charge < -0.3 is 20.7 Å². The Hall–Kier alpha value is -3.54. The fourth-order valence-electron chi connectivity index (χ4n) is 7.59. The predicted molar refractivity (Wildman–Crippen MR) is 146 cm³/mol. The molecule has 2 bridgehead atoms. The van der Waals surface area contributed by atoms with Crippen LogP contribution in [0.2, 0.25) is 0 Å². The van der Waals surface area contributed by atoms with Crippen LogP contribution in [0.1, 0.15) is 48.0 Å². The first-order valence-electron chi connectivity index (χ1n) is 13.9. The molecule has 1 amide bonds. The molecule has 3 N–H and O–H groups in total. The normalized spacial score (nSPS) is 24.9. The Morgan fingerprint density at radius 2 is 2.00 bits per heavy atom. The zero-order valence-corrected chi connectivity index (χ0v) is 22.7. The molecule has 40 heavy (non-hydrogen) atoms. The van der Waals surface area contributed by atoms with Gasteiger partial charge in [0.15, 0.2) is 5.82 Å². The molecule has 2 saturated carbocycles. The minimum absolute atomic E-state index is 0.0106. The molecular weight excluding hydrogens is 518 g/mol. The first-order chi connectivity index (χ1) is 19.1. The van der Waals surface area contributed by atoms with Crippen molar-refractivity contribution in [2.75, 3.05) is 44.8 Å². The molecule has 2 aromatic heterocycles. The number of anilines is 2. The number of carbonyl (C=O) groups excluding carboxylic acids is 1. The molecule has 1 spiro atoms. The maximum absolute atomic E-state index is 13.4. The summed E-state index contributed by atoms with van der Waals surface area (Å²) in [6.45, 7) is 2.68. The number of methoxy groups -OCH3 is 1. The number of carbonyl (C=O) groups is 1. The van der Waals surface area contributed by atoms with Crippen molar-refractivity contribution in [3.63, 3.8) is 0 Å². The highest BCUT2D eigenvalue weighted by atomic mass is 19.3. The summed E-state index contributed by atoms with van der Waals surface area (Å²) < 4.78 is 34.3. The summed E-state index contributed by atoms with van der Waals surface area (Å²) in [7, 11) is 3.71. The molecule has 7 rings (SSSR count). The summed E-state index contributed by atoms with van der Waals surface area (Å²) >= 11 is 0. The van der Waals surface area contributed by atoms with Gasteiger partial charge in [-0.3, -0.25) is 14.4 Å². The third-order valence-electron chi connectivity index (χ3n) is 9.40. The summed E-state index contributed by atoms with van der Waals surface area (Å²) in [5.74, 6) is -0.821. The van der Waals surface area contributed by atoms with Gasteiger partial charge in [0.1, 0.15) is 16.8 Å². The number of hydrogen-bond donors (Lipinski definition) is 2. The van der Waals surface area contributed by atoms with E-state index in [-0.39, 0.29) is 36.2 Å². The van der Waals surface area contributed by atoms with E-state index in [0.29, 0.717) is 53.2 Å². The lowest BCUT2D eigenvalue weighted by atomic mass is 9.50. The van der Waals surface area contributed by atoms with E-state index in [1.54, 1.807) is 18.0 Å². The number of benzene rings is 1. The second-order valence-electron chi connectivity index (χ2n) is 12.3. The first-order valence-corrected chi connectivity index (χ1v) is 13.9. The van der Waals surface area contributed by atoms with Crippen molar-refractivity contribution in [2.24, 2.45) is 11.3 Å². The third kappa shape index (κ3) is 4.23. The van der Waals surface area contributed by atoms with Crippen LogP contribution in [0.25, 0.3) is 11.0 Å². The summed E-state index contributed by atoms with van der Waals surface area (Å²) in [4.78, 5) is 26.4. The Morgan fingerprint density at radius 1 is 1.20 bits per heavy atom. The quantitative estimate of drug-likeness (QED) is 0.459. The number of nitrogens with two attached hydrogens (primary N) is 1. The number of likely N-dealkylation sites (N-methyl/N-ethyl adjacent to an activating group) is 1. The van der Waals surface area contributed by atoms with Crippen molar-refractivity contribution >= 4 is 28.7 Å². The maximum atomic E-state index is 13.4. The molecule has 2 atom stereocenters. The molecule has 4 fully saturated rings. The van der Waals surface area contributed by atoms with E-state index in [1.807, 2.05) is 23.1 Å². The number of nitrogens with one attached hydrogen (secondary N) is 1. The van der Waals surface area contributed by atoms with Gasteiger partial charge in [-0.05, 0) is 49.8 Å². The molecule has 4 heterocycles. The van der Waals surface area contributed by atoms with Crippen LogP contribution in [-0.4, -0.2) is 87.3 Å². The van der Waals surface area contributed by atoms with E-state index >= 15 is 0 Å². The first kappa shape index (κ1) is 25.4. The molecule has 4 aliphatic rings. The Kier molecular flexibility index (Phi) is 5.71. The molecular formula is C28H34F2N8O2. The molecule has 12 heteroatoms. The number of hydrogen-bond acceptors (Lipinski definition) is 8. The molecule has 2 aliphatic carbocycles. The van der Waals surface area contributed by atoms with E-state index < -0.39 is 5.92 Å². The highest BCUT2D eigenvalue weighted by Gasteiger charge is 2.61. The number of alkyl halides is 2. The predicted octanol–water partition coefficient (Wildman–Crippen LogP) is 3.23. The average molecular weight is 553 g/mol. The van der Waals surface area contributed by atoms with E-state index in [9.17, 15) is 13.6 Å². The lowest BCUT2D eigenvalue weighted by Gasteiger charge is -2.57. The Balaban J connectivity index is 1.08. The van der Waals surface area contributed by atoms with E-state index in [1.165, 1.54) is 0 Å². The summed E-state index contributed by atoms with van der Waals surface area (Å²) in [5, 5.41) is 7.93. The fraction of sp³-hybridized carbons (Fsp3) is 0.571. The third-order valence-corrected chi connectivity index (χ3v) is 9.40. The summed E-state index contributed by atoms with van der Waals surface area (Å²) in [6, 6.07) is 6.28. The van der Waals surface area contributed by atoms with Crippen LogP contribution in [0.4, 0.5) is 20.5 Å². The molecule has 10 nitrogen and oxygen atoms in total. The van der Waals surface area contributed by atoms with Crippen molar-refractivity contribution in [1.82, 2.24) is 29.5 Å². The number of likely N-dealkylation sites (tertiary alicyclic amines) is 2. The number of halogens is 2. The number of aromatic nitrogens is 4. The summed E-state index contributed by atoms with van der Waals surface area (Å²) in [6.07, 6.45) is 4.31. The van der Waals surface area contributed by atoms with E-state index in [4.69, 9.17) is 10.5 Å². The van der Waals surface area contributed by atoms with Crippen LogP contribution in [0, 0.1) is 11.3 Å². The second kappa shape index (κ2) is 8.98. The minimum Gasteiger partial charge on any atom is -0.496 e. The zero-order chi connectivity index (χ0) is 27.8. The number of rotatable bonds is 7. The SMILES string of the molecule is COc1cc(C(=O)N2C[C@H]3C[C@@H]2CN3C)ccc1Cn1ncc2nc(N)nc(NCC3CC4(C3)CC(F)(F)C4)c21. The number of amides is 1. The van der Waals surface area contributed by atoms with Crippen molar-refractivity contribution in [3.05, 3.63) is 35.5 Å². The van der Waals surface area contributed by atoms with Gasteiger partial charge in [-0.15, -0.1) is 0 Å². The second-order valence-corrected chi connectivity index (χ2v) is 12.3. The van der Waals surface area contributed by atoms with Crippen LogP contribution in [0.3, 0.4) is 0 Å². The van der Waals surface area contributed by atoms with Gasteiger partial charge in [0.2, 0.25) is 11.9 Å². The molecule has 2 saturated heterocycles. The van der Waals surface area contributed by atoms with Crippen molar-refractivity contribution in [2.45, 2.75) is 56.7 Å². The average Bonchev–Trinajstić information content (AvgIpc) is 3.58. The highest BCUT2D eigenvalue weighted by molar-refractivity contribution is 5.95. The number of nitrogens with zero attached hydrogens (tertiary/aromatic N) is 6. The lowest BCUT2D eigenvalue weighted by molar-refractivity contribution is -0.204. The molecule has 3 aromatic rings. The fourth-order valence-corrected chi connectivity index (χ4v) is 7.59. The van der Waals surface area contributed by atoms with Crippen molar-refractivity contribution in [3.8, 4) is 5.75 Å². The lowest BCUT2D eigenvalue weighted by Crippen LogP contribution is -2.54. The smallest absolute Gasteiger partial charge is 0.254 e. The Bertz CT molecular complexity index is 1470. The van der Waals surface area contributed by atoms with Crippen LogP contribution in [-0.2, 0) is 6.54 Å². The van der Waals surface area contributed by atoms with Gasteiger partial charge in [0.25, 0.3) is 5.91 Å². The Morgan fingerprint density at radius 3 is 2.67 bits per heavy atom. The van der Waals surface area contributed by atoms with Gasteiger partial charge in [-0.1, -0.05) is 6.07 Å². The van der Waals surface area contributed by atoms with Crippen LogP contribution < -0.4 is 15.8 Å². The zero-order valence-electron chi connectivity index (χ0n) is 22.7. The van der Waals surface area contributed by atoms with Gasteiger partial charge in [0.05, 0.1) is 19.9 Å². The van der Waals surface area contributed by atoms with Gasteiger partial charge in [-0.2, -0.15) is 10.1 Å². The van der Waals surface area contributed by atoms with Crippen molar-refractivity contribution in [1.29, 1.82) is 0 Å². The largest absolute Gasteiger partial charge is 0.496 e. The maximum Gasteiger partial charge on any atom is 0.254 e. The van der Waals surface area contributed by atoms with Crippen LogP contribution >= 0.6 is 0 Å². The van der Waals surface area contributed by atoms with Gasteiger partial charge >= 0.3 is 0 Å². The number of nitrogen functional groups attached to an aromatic ring is 1. The molecule has 2 aliphatic heterocycles. The standard InChI is InChI=1S/C28H34F2N8O2/c1-36-12-20-6-19(36)13-37(20)25(39)17-3-4-18(22(5-17)40-2)11-38-23-21(10-33-38)34-26(31)35-24(23)32-9-16-7-27(8-16)14-28(29,30)15-27/h3-5,10,16,19-20H,6-9,11-15H2,1-2H3,(H3,31,32,34,35)/t19-,20-/m1/s1. The van der Waals surface area contributed by atoms with Gasteiger partial charge in [0, 0.05) is 55.7 Å². The molecule has 212 valence electrons. The molecule has 0 radical (unpaired) electrons.